The Morgan fingerprint density at radius 2 is 2.25 bits per heavy atom. The molecule has 12 heavy (non-hydrogen) atoms. The van der Waals surface area contributed by atoms with E-state index in [-0.39, 0.29) is 21.5 Å². The number of pyridine rings is 1. The van der Waals surface area contributed by atoms with E-state index in [0.717, 1.165) is 0 Å². The molecule has 5 heteroatoms. The van der Waals surface area contributed by atoms with Crippen LogP contribution >= 0.6 is 23.2 Å². The summed E-state index contributed by atoms with van der Waals surface area (Å²) in [5.74, 6) is 0.225. The first-order chi connectivity index (χ1) is 5.70. The van der Waals surface area contributed by atoms with Gasteiger partial charge in [0.05, 0.1) is 17.7 Å². The second kappa shape index (κ2) is 3.74. The van der Waals surface area contributed by atoms with Crippen molar-refractivity contribution in [3.8, 4) is 5.75 Å². The zero-order valence-corrected chi connectivity index (χ0v) is 7.69. The molecule has 0 N–H and O–H groups in total. The summed E-state index contributed by atoms with van der Waals surface area (Å²) in [7, 11) is 1.41. The maximum Gasteiger partial charge on any atom is 0.175 e. The van der Waals surface area contributed by atoms with Crippen molar-refractivity contribution in [1.82, 2.24) is 4.98 Å². The molecule has 0 amide bonds. The van der Waals surface area contributed by atoms with Crippen molar-refractivity contribution in [1.29, 1.82) is 0 Å². The lowest BCUT2D eigenvalue weighted by atomic mass is 10.3. The van der Waals surface area contributed by atoms with Gasteiger partial charge in [-0.05, 0) is 0 Å². The van der Waals surface area contributed by atoms with Gasteiger partial charge in [0.25, 0.3) is 0 Å². The van der Waals surface area contributed by atoms with Crippen LogP contribution in [-0.4, -0.2) is 18.4 Å². The highest BCUT2D eigenvalue weighted by Gasteiger charge is 2.11. The molecule has 0 aromatic carbocycles. The number of carbonyl (C=O) groups excluding carboxylic acids is 1. The number of carbonyl (C=O) groups is 1. The molecule has 1 rings (SSSR count). The average molecular weight is 206 g/mol. The Kier molecular flexibility index (Phi) is 2.89. The summed E-state index contributed by atoms with van der Waals surface area (Å²) in [6, 6.07) is 0. The summed E-state index contributed by atoms with van der Waals surface area (Å²) < 4.78 is 4.83. The van der Waals surface area contributed by atoms with Gasteiger partial charge >= 0.3 is 0 Å². The average Bonchev–Trinajstić information content (AvgIpc) is 2.06. The number of ether oxygens (including phenoxy) is 1. The molecule has 0 aliphatic heterocycles. The Hall–Kier alpha value is -0.800. The first-order valence-electron chi connectivity index (χ1n) is 3.04. The highest BCUT2D eigenvalue weighted by Crippen LogP contribution is 2.32. The highest BCUT2D eigenvalue weighted by molar-refractivity contribution is 6.37. The predicted molar refractivity (Wildman–Crippen MR) is 46.2 cm³/mol. The smallest absolute Gasteiger partial charge is 0.175 e. The minimum atomic E-state index is 0.146. The molecule has 0 aliphatic carbocycles. The molecule has 0 unspecified atom stereocenters. The SMILES string of the molecule is COc1c(Cl)ncc(C=O)c1Cl. The fourth-order valence-corrected chi connectivity index (χ4v) is 1.25. The molecule has 0 atom stereocenters. The number of hydrogen-bond acceptors (Lipinski definition) is 3. The van der Waals surface area contributed by atoms with E-state index in [1.54, 1.807) is 0 Å². The summed E-state index contributed by atoms with van der Waals surface area (Å²) in [6.45, 7) is 0. The maximum absolute atomic E-state index is 10.4. The third kappa shape index (κ3) is 1.52. The van der Waals surface area contributed by atoms with E-state index in [1.807, 2.05) is 0 Å². The number of halogens is 2. The van der Waals surface area contributed by atoms with Gasteiger partial charge in [0, 0.05) is 6.20 Å². The molecule has 0 spiro atoms. The third-order valence-electron chi connectivity index (χ3n) is 1.29. The van der Waals surface area contributed by atoms with Crippen molar-refractivity contribution in [2.45, 2.75) is 0 Å². The predicted octanol–water partition coefficient (Wildman–Crippen LogP) is 2.21. The lowest BCUT2D eigenvalue weighted by Gasteiger charge is -2.04. The molecule has 0 saturated carbocycles. The van der Waals surface area contributed by atoms with E-state index in [1.165, 1.54) is 13.3 Å². The van der Waals surface area contributed by atoms with E-state index < -0.39 is 0 Å². The quantitative estimate of drug-likeness (QED) is 0.550. The topological polar surface area (TPSA) is 39.2 Å². The molecular formula is C7H5Cl2NO2. The van der Waals surface area contributed by atoms with Crippen molar-refractivity contribution in [2.24, 2.45) is 0 Å². The number of rotatable bonds is 2. The summed E-state index contributed by atoms with van der Waals surface area (Å²) in [5, 5.41) is 0.334. The minimum Gasteiger partial charge on any atom is -0.492 e. The molecule has 1 heterocycles. The second-order valence-corrected chi connectivity index (χ2v) is 2.71. The van der Waals surface area contributed by atoms with Crippen LogP contribution in [0.4, 0.5) is 0 Å². The van der Waals surface area contributed by atoms with Gasteiger partial charge in [-0.1, -0.05) is 23.2 Å². The Bertz CT molecular complexity index is 315. The maximum atomic E-state index is 10.4. The molecule has 0 radical (unpaired) electrons. The van der Waals surface area contributed by atoms with Gasteiger partial charge in [-0.25, -0.2) is 4.98 Å². The van der Waals surface area contributed by atoms with Crippen molar-refractivity contribution in [3.05, 3.63) is 21.9 Å². The molecular weight excluding hydrogens is 201 g/mol. The first-order valence-corrected chi connectivity index (χ1v) is 3.79. The summed E-state index contributed by atoms with van der Waals surface area (Å²) >= 11 is 11.4. The Labute approximate surface area is 79.3 Å². The Balaban J connectivity index is 3.33. The van der Waals surface area contributed by atoms with Gasteiger partial charge in [0.2, 0.25) is 0 Å². The van der Waals surface area contributed by atoms with Crippen molar-refractivity contribution in [3.63, 3.8) is 0 Å². The van der Waals surface area contributed by atoms with E-state index in [9.17, 15) is 4.79 Å². The lowest BCUT2D eigenvalue weighted by molar-refractivity contribution is 0.112. The number of aldehydes is 1. The van der Waals surface area contributed by atoms with Crippen LogP contribution in [0.25, 0.3) is 0 Å². The van der Waals surface area contributed by atoms with Crippen LogP contribution in [0.2, 0.25) is 10.2 Å². The Morgan fingerprint density at radius 1 is 1.58 bits per heavy atom. The highest BCUT2D eigenvalue weighted by atomic mass is 35.5. The summed E-state index contributed by atoms with van der Waals surface area (Å²) in [4.78, 5) is 14.1. The van der Waals surface area contributed by atoms with Crippen LogP contribution in [0.1, 0.15) is 10.4 Å². The molecule has 0 aliphatic rings. The van der Waals surface area contributed by atoms with E-state index in [0.29, 0.717) is 6.29 Å². The number of nitrogens with zero attached hydrogens (tertiary/aromatic N) is 1. The van der Waals surface area contributed by atoms with Gasteiger partial charge < -0.3 is 4.74 Å². The van der Waals surface area contributed by atoms with Crippen LogP contribution in [0.3, 0.4) is 0 Å². The lowest BCUT2D eigenvalue weighted by Crippen LogP contribution is -1.92. The van der Waals surface area contributed by atoms with Crippen molar-refractivity contribution < 1.29 is 9.53 Å². The molecule has 0 saturated heterocycles. The van der Waals surface area contributed by atoms with Crippen LogP contribution in [-0.2, 0) is 0 Å². The monoisotopic (exact) mass is 205 g/mol. The van der Waals surface area contributed by atoms with Gasteiger partial charge in [-0.15, -0.1) is 0 Å². The number of aromatic nitrogens is 1. The fraction of sp³-hybridized carbons (Fsp3) is 0.143. The zero-order valence-electron chi connectivity index (χ0n) is 6.17. The largest absolute Gasteiger partial charge is 0.492 e. The Morgan fingerprint density at radius 3 is 2.75 bits per heavy atom. The molecule has 1 aromatic rings. The van der Waals surface area contributed by atoms with E-state index in [4.69, 9.17) is 27.9 Å². The fourth-order valence-electron chi connectivity index (χ4n) is 0.719. The standard InChI is InChI=1S/C7H5Cl2NO2/c1-12-6-5(8)4(3-11)2-10-7(6)9/h2-3H,1H3. The zero-order chi connectivity index (χ0) is 9.14. The molecule has 0 fully saturated rings. The molecule has 1 aromatic heterocycles. The van der Waals surface area contributed by atoms with Crippen LogP contribution in [0.5, 0.6) is 5.75 Å². The van der Waals surface area contributed by atoms with E-state index in [2.05, 4.69) is 4.98 Å². The summed E-state index contributed by atoms with van der Waals surface area (Å²) in [5.41, 5.74) is 0.262. The van der Waals surface area contributed by atoms with Gasteiger partial charge in [0.1, 0.15) is 0 Å². The number of hydrogen-bond donors (Lipinski definition) is 0. The van der Waals surface area contributed by atoms with E-state index >= 15 is 0 Å². The first kappa shape index (κ1) is 9.29. The minimum absolute atomic E-state index is 0.146. The van der Waals surface area contributed by atoms with Crippen LogP contribution < -0.4 is 4.74 Å². The normalized spacial score (nSPS) is 9.58. The summed E-state index contributed by atoms with van der Waals surface area (Å²) in [6.07, 6.45) is 1.88. The third-order valence-corrected chi connectivity index (χ3v) is 1.95. The van der Waals surface area contributed by atoms with Gasteiger partial charge in [-0.2, -0.15) is 0 Å². The molecule has 64 valence electrons. The van der Waals surface area contributed by atoms with Crippen molar-refractivity contribution in [2.75, 3.05) is 7.11 Å². The van der Waals surface area contributed by atoms with Crippen LogP contribution in [0, 0.1) is 0 Å². The van der Waals surface area contributed by atoms with Crippen molar-refractivity contribution >= 4 is 29.5 Å². The van der Waals surface area contributed by atoms with Crippen LogP contribution in [0.15, 0.2) is 6.20 Å². The van der Waals surface area contributed by atoms with Gasteiger partial charge in [0.15, 0.2) is 17.2 Å². The van der Waals surface area contributed by atoms with Gasteiger partial charge in [-0.3, -0.25) is 4.79 Å². The second-order valence-electron chi connectivity index (χ2n) is 1.97. The molecule has 3 nitrogen and oxygen atoms in total. The molecule has 0 bridgehead atoms. The number of methoxy groups -OCH3 is 1.